The summed E-state index contributed by atoms with van der Waals surface area (Å²) in [5.41, 5.74) is 0.360. The molecular formula is C20H26N2O5. The lowest BCUT2D eigenvalue weighted by atomic mass is 10.0. The first-order valence-corrected chi connectivity index (χ1v) is 8.67. The maximum absolute atomic E-state index is 12.8. The molecule has 0 bridgehead atoms. The first-order chi connectivity index (χ1) is 12.8. The summed E-state index contributed by atoms with van der Waals surface area (Å²) in [5.74, 6) is 1.03. The number of likely N-dealkylation sites (N-methyl/N-ethyl adjacent to an activating group) is 1. The molecule has 0 aliphatic carbocycles. The second-order valence-electron chi connectivity index (χ2n) is 6.57. The lowest BCUT2D eigenvalue weighted by Crippen LogP contribution is -2.50. The summed E-state index contributed by atoms with van der Waals surface area (Å²) in [6.07, 6.45) is 1.56. The van der Waals surface area contributed by atoms with Crippen LogP contribution in [0.4, 0.5) is 0 Å². The molecule has 0 saturated carbocycles. The van der Waals surface area contributed by atoms with Crippen LogP contribution in [0.25, 0.3) is 0 Å². The third kappa shape index (κ3) is 5.26. The van der Waals surface area contributed by atoms with Crippen molar-refractivity contribution in [3.8, 4) is 11.5 Å². The molecule has 146 valence electrons. The molecule has 0 saturated heterocycles. The maximum Gasteiger partial charge on any atom is 0.252 e. The van der Waals surface area contributed by atoms with Crippen LogP contribution in [0, 0.1) is 5.92 Å². The first-order valence-electron chi connectivity index (χ1n) is 8.67. The minimum absolute atomic E-state index is 0.0898. The van der Waals surface area contributed by atoms with Crippen molar-refractivity contribution < 1.29 is 23.5 Å². The molecule has 1 heterocycles. The number of methoxy groups -OCH3 is 2. The highest BCUT2D eigenvalue weighted by molar-refractivity contribution is 5.98. The second-order valence-corrected chi connectivity index (χ2v) is 6.57. The normalized spacial score (nSPS) is 11.8. The number of carbonyl (C=O) groups excluding carboxylic acids is 2. The van der Waals surface area contributed by atoms with Gasteiger partial charge in [-0.1, -0.05) is 13.8 Å². The van der Waals surface area contributed by atoms with Crippen LogP contribution in [0.3, 0.4) is 0 Å². The molecule has 7 nitrogen and oxygen atoms in total. The van der Waals surface area contributed by atoms with E-state index in [9.17, 15) is 9.59 Å². The molecule has 2 aromatic rings. The Kier molecular flexibility index (Phi) is 6.87. The number of furan rings is 1. The van der Waals surface area contributed by atoms with Crippen LogP contribution in [0.2, 0.25) is 0 Å². The summed E-state index contributed by atoms with van der Waals surface area (Å²) in [6, 6.07) is 7.79. The predicted molar refractivity (Wildman–Crippen MR) is 101 cm³/mol. The van der Waals surface area contributed by atoms with Gasteiger partial charge in [0.05, 0.1) is 27.0 Å². The Balaban J connectivity index is 2.15. The van der Waals surface area contributed by atoms with Crippen LogP contribution < -0.4 is 14.8 Å². The minimum Gasteiger partial charge on any atom is -0.497 e. The van der Waals surface area contributed by atoms with Crippen molar-refractivity contribution in [2.45, 2.75) is 26.4 Å². The SMILES string of the molecule is COc1cc(OC)cc(C(=O)N[C@H](C(=O)N(C)Cc2ccco2)C(C)C)c1. The molecule has 0 spiro atoms. The third-order valence-electron chi connectivity index (χ3n) is 4.18. The van der Waals surface area contributed by atoms with Gasteiger partial charge in [0.25, 0.3) is 5.91 Å². The molecule has 1 atom stereocenters. The number of nitrogens with one attached hydrogen (secondary N) is 1. The molecular weight excluding hydrogens is 348 g/mol. The molecule has 2 amide bonds. The second kappa shape index (κ2) is 9.12. The lowest BCUT2D eigenvalue weighted by Gasteiger charge is -2.26. The fourth-order valence-corrected chi connectivity index (χ4v) is 2.63. The molecule has 0 aliphatic rings. The van der Waals surface area contributed by atoms with Gasteiger partial charge in [0.2, 0.25) is 5.91 Å². The standard InChI is InChI=1S/C20H26N2O5/c1-13(2)18(20(24)22(3)12-15-7-6-8-27-15)21-19(23)14-9-16(25-4)11-17(10-14)26-5/h6-11,13,18H,12H2,1-5H3,(H,21,23)/t18-/m0/s1. The van der Waals surface area contributed by atoms with Crippen LogP contribution in [0.5, 0.6) is 11.5 Å². The van der Waals surface area contributed by atoms with Gasteiger partial charge in [-0.3, -0.25) is 9.59 Å². The highest BCUT2D eigenvalue weighted by Gasteiger charge is 2.28. The summed E-state index contributed by atoms with van der Waals surface area (Å²) in [4.78, 5) is 27.1. The number of nitrogens with zero attached hydrogens (tertiary/aromatic N) is 1. The van der Waals surface area contributed by atoms with Gasteiger partial charge in [-0.25, -0.2) is 0 Å². The summed E-state index contributed by atoms with van der Waals surface area (Å²) in [7, 11) is 4.71. The average Bonchev–Trinajstić information content (AvgIpc) is 3.17. The van der Waals surface area contributed by atoms with Crippen LogP contribution in [-0.4, -0.2) is 44.0 Å². The number of carbonyl (C=O) groups is 2. The third-order valence-corrected chi connectivity index (χ3v) is 4.18. The Morgan fingerprint density at radius 3 is 2.26 bits per heavy atom. The molecule has 0 unspecified atom stereocenters. The Hall–Kier alpha value is -2.96. The largest absolute Gasteiger partial charge is 0.497 e. The monoisotopic (exact) mass is 374 g/mol. The molecule has 1 N–H and O–H groups in total. The smallest absolute Gasteiger partial charge is 0.252 e. The zero-order chi connectivity index (χ0) is 20.0. The van der Waals surface area contributed by atoms with Crippen molar-refractivity contribution in [2.24, 2.45) is 5.92 Å². The number of amides is 2. The summed E-state index contributed by atoms with van der Waals surface area (Å²) in [5, 5.41) is 2.82. The Morgan fingerprint density at radius 2 is 1.78 bits per heavy atom. The van der Waals surface area contributed by atoms with Crippen molar-refractivity contribution in [3.63, 3.8) is 0 Å². The maximum atomic E-state index is 12.8. The van der Waals surface area contributed by atoms with E-state index in [4.69, 9.17) is 13.9 Å². The number of hydrogen-bond donors (Lipinski definition) is 1. The van der Waals surface area contributed by atoms with Crippen LogP contribution in [-0.2, 0) is 11.3 Å². The van der Waals surface area contributed by atoms with E-state index in [2.05, 4.69) is 5.32 Å². The van der Waals surface area contributed by atoms with Gasteiger partial charge in [0.1, 0.15) is 23.3 Å². The summed E-state index contributed by atoms with van der Waals surface area (Å²) >= 11 is 0. The molecule has 0 aliphatic heterocycles. The molecule has 2 rings (SSSR count). The van der Waals surface area contributed by atoms with Crippen molar-refractivity contribution >= 4 is 11.8 Å². The van der Waals surface area contributed by atoms with Gasteiger partial charge < -0.3 is 24.1 Å². The lowest BCUT2D eigenvalue weighted by molar-refractivity contribution is -0.133. The number of rotatable bonds is 8. The first kappa shape index (κ1) is 20.4. The van der Waals surface area contributed by atoms with Crippen LogP contribution in [0.15, 0.2) is 41.0 Å². The number of ether oxygens (including phenoxy) is 2. The fourth-order valence-electron chi connectivity index (χ4n) is 2.63. The zero-order valence-electron chi connectivity index (χ0n) is 16.3. The zero-order valence-corrected chi connectivity index (χ0v) is 16.3. The highest BCUT2D eigenvalue weighted by atomic mass is 16.5. The predicted octanol–water partition coefficient (Wildman–Crippen LogP) is 2.71. The average molecular weight is 374 g/mol. The number of benzene rings is 1. The van der Waals surface area contributed by atoms with Crippen molar-refractivity contribution in [1.82, 2.24) is 10.2 Å². The van der Waals surface area contributed by atoms with Gasteiger partial charge in [0.15, 0.2) is 0 Å². The molecule has 7 heteroatoms. The van der Waals surface area contributed by atoms with Gasteiger partial charge >= 0.3 is 0 Å². The molecule has 1 aromatic heterocycles. The van der Waals surface area contributed by atoms with Gasteiger partial charge in [-0.15, -0.1) is 0 Å². The van der Waals surface area contributed by atoms with E-state index in [1.807, 2.05) is 13.8 Å². The van der Waals surface area contributed by atoms with E-state index < -0.39 is 6.04 Å². The van der Waals surface area contributed by atoms with Crippen LogP contribution in [0.1, 0.15) is 30.0 Å². The number of hydrogen-bond acceptors (Lipinski definition) is 5. The van der Waals surface area contributed by atoms with E-state index in [-0.39, 0.29) is 17.7 Å². The van der Waals surface area contributed by atoms with E-state index in [0.29, 0.717) is 29.4 Å². The minimum atomic E-state index is -0.672. The molecule has 27 heavy (non-hydrogen) atoms. The van der Waals surface area contributed by atoms with Gasteiger partial charge in [-0.2, -0.15) is 0 Å². The summed E-state index contributed by atoms with van der Waals surface area (Å²) in [6.45, 7) is 4.10. The molecule has 0 radical (unpaired) electrons. The van der Waals surface area contributed by atoms with Crippen molar-refractivity contribution in [1.29, 1.82) is 0 Å². The van der Waals surface area contributed by atoms with E-state index >= 15 is 0 Å². The molecule has 0 fully saturated rings. The highest BCUT2D eigenvalue weighted by Crippen LogP contribution is 2.22. The van der Waals surface area contributed by atoms with E-state index in [1.165, 1.54) is 19.1 Å². The van der Waals surface area contributed by atoms with Gasteiger partial charge in [0, 0.05) is 18.7 Å². The van der Waals surface area contributed by atoms with E-state index in [1.54, 1.807) is 43.6 Å². The van der Waals surface area contributed by atoms with Crippen molar-refractivity contribution in [2.75, 3.05) is 21.3 Å². The Labute approximate surface area is 159 Å². The van der Waals surface area contributed by atoms with Crippen LogP contribution >= 0.6 is 0 Å². The fraction of sp³-hybridized carbons (Fsp3) is 0.400. The summed E-state index contributed by atoms with van der Waals surface area (Å²) < 4.78 is 15.7. The topological polar surface area (TPSA) is 81.0 Å². The Morgan fingerprint density at radius 1 is 1.15 bits per heavy atom. The van der Waals surface area contributed by atoms with Crippen molar-refractivity contribution in [3.05, 3.63) is 47.9 Å². The Bertz CT molecular complexity index is 748. The quantitative estimate of drug-likeness (QED) is 0.768. The van der Waals surface area contributed by atoms with Gasteiger partial charge in [-0.05, 0) is 30.2 Å². The van der Waals surface area contributed by atoms with E-state index in [0.717, 1.165) is 0 Å². The molecule has 1 aromatic carbocycles.